The lowest BCUT2D eigenvalue weighted by molar-refractivity contribution is 0.0238. The number of phenols is 1. The Bertz CT molecular complexity index is 1590. The summed E-state index contributed by atoms with van der Waals surface area (Å²) in [6.45, 7) is 6.25. The molecule has 0 amide bonds. The summed E-state index contributed by atoms with van der Waals surface area (Å²) in [4.78, 5) is 24.7. The fourth-order valence-electron chi connectivity index (χ4n) is 7.28. The fourth-order valence-corrected chi connectivity index (χ4v) is 8.52. The zero-order valence-electron chi connectivity index (χ0n) is 26.0. The second-order valence-corrected chi connectivity index (χ2v) is 13.8. The first-order valence-electron chi connectivity index (χ1n) is 16.7. The number of ketones is 1. The van der Waals surface area contributed by atoms with E-state index in [0.29, 0.717) is 29.7 Å². The van der Waals surface area contributed by atoms with Crippen molar-refractivity contribution < 1.29 is 19.4 Å². The molecule has 2 aliphatic heterocycles. The number of piperidine rings is 1. The van der Waals surface area contributed by atoms with Crippen molar-refractivity contribution >= 4 is 27.2 Å². The van der Waals surface area contributed by atoms with E-state index in [4.69, 9.17) is 9.47 Å². The second kappa shape index (κ2) is 13.9. The highest BCUT2D eigenvalue weighted by atomic mass is 32.1. The molecule has 4 heterocycles. The van der Waals surface area contributed by atoms with Crippen LogP contribution in [0.15, 0.2) is 60.8 Å². The van der Waals surface area contributed by atoms with Crippen LogP contribution in [0.3, 0.4) is 0 Å². The topological polar surface area (TPSA) is 75.1 Å². The highest BCUT2D eigenvalue weighted by molar-refractivity contribution is 7.22. The molecule has 1 aliphatic carbocycles. The molecule has 2 saturated heterocycles. The molecule has 0 bridgehead atoms. The van der Waals surface area contributed by atoms with Crippen LogP contribution in [-0.2, 0) is 0 Å². The van der Waals surface area contributed by atoms with Gasteiger partial charge in [-0.05, 0) is 125 Å². The third-order valence-corrected chi connectivity index (χ3v) is 10.9. The Morgan fingerprint density at radius 1 is 0.889 bits per heavy atom. The molecule has 0 unspecified atom stereocenters. The molecule has 3 fully saturated rings. The van der Waals surface area contributed by atoms with E-state index in [-0.39, 0.29) is 17.6 Å². The van der Waals surface area contributed by atoms with Crippen LogP contribution < -0.4 is 9.47 Å². The van der Waals surface area contributed by atoms with E-state index in [0.717, 1.165) is 65.4 Å². The Kier molecular flexibility index (Phi) is 9.33. The highest BCUT2D eigenvalue weighted by Gasteiger charge is 2.32. The molecule has 4 aromatic rings. The molecule has 0 radical (unpaired) electrons. The summed E-state index contributed by atoms with van der Waals surface area (Å²) in [5.74, 6) is 1.51. The van der Waals surface area contributed by atoms with E-state index in [2.05, 4.69) is 14.8 Å². The third-order valence-electron chi connectivity index (χ3n) is 9.69. The van der Waals surface area contributed by atoms with Crippen molar-refractivity contribution in [3.05, 3.63) is 71.9 Å². The summed E-state index contributed by atoms with van der Waals surface area (Å²) < 4.78 is 13.4. The van der Waals surface area contributed by atoms with Crippen LogP contribution in [0.5, 0.6) is 17.4 Å². The molecular formula is C37H43N3O4S. The average molecular weight is 626 g/mol. The number of pyridine rings is 1. The summed E-state index contributed by atoms with van der Waals surface area (Å²) in [7, 11) is 0. The second-order valence-electron chi connectivity index (χ2n) is 12.7. The van der Waals surface area contributed by atoms with E-state index in [9.17, 15) is 9.90 Å². The summed E-state index contributed by atoms with van der Waals surface area (Å²) in [5.41, 5.74) is 2.10. The van der Waals surface area contributed by atoms with Gasteiger partial charge in [0.1, 0.15) is 24.2 Å². The molecular weight excluding hydrogens is 582 g/mol. The maximum Gasteiger partial charge on any atom is 0.213 e. The Hall–Kier alpha value is -3.46. The number of thiophene rings is 1. The molecule has 7 rings (SSSR count). The van der Waals surface area contributed by atoms with Crippen molar-refractivity contribution in [2.45, 2.75) is 69.9 Å². The summed E-state index contributed by atoms with van der Waals surface area (Å²) in [5, 5.41) is 11.0. The Labute approximate surface area is 269 Å². The first-order valence-corrected chi connectivity index (χ1v) is 17.6. The van der Waals surface area contributed by atoms with Gasteiger partial charge < -0.3 is 14.6 Å². The number of benzene rings is 2. The van der Waals surface area contributed by atoms with Crippen molar-refractivity contribution in [3.8, 4) is 27.8 Å². The molecule has 45 heavy (non-hydrogen) atoms. The summed E-state index contributed by atoms with van der Waals surface area (Å²) >= 11 is 1.52. The number of hydrogen-bond donors (Lipinski definition) is 1. The fraction of sp³-hybridized carbons (Fsp3) is 0.459. The van der Waals surface area contributed by atoms with Gasteiger partial charge in [-0.2, -0.15) is 0 Å². The molecule has 2 aromatic heterocycles. The molecule has 0 spiro atoms. The van der Waals surface area contributed by atoms with Gasteiger partial charge in [-0.3, -0.25) is 14.6 Å². The smallest absolute Gasteiger partial charge is 0.213 e. The van der Waals surface area contributed by atoms with E-state index in [1.165, 1.54) is 62.7 Å². The van der Waals surface area contributed by atoms with Gasteiger partial charge in [-0.15, -0.1) is 11.3 Å². The standard InChI is InChI=1S/C37H43N3O4S/c41-28-13-16-30-33(24-28)45-37(26-10-14-29(15-11-26)43-23-22-39-18-6-7-19-39)35(30)36(42)27-12-17-34(38-25-27)44-32-9-3-2-8-31(32)40-20-4-1-5-21-40/h10-17,24-25,31-32,41H,1-9,18-23H2/t31-,32-/m1/s1. The van der Waals surface area contributed by atoms with Gasteiger partial charge >= 0.3 is 0 Å². The number of aromatic hydroxyl groups is 1. The number of carbonyl (C=O) groups is 1. The molecule has 1 N–H and O–H groups in total. The van der Waals surface area contributed by atoms with Crippen LogP contribution in [-0.4, -0.2) is 77.2 Å². The normalized spacial score (nSPS) is 21.2. The summed E-state index contributed by atoms with van der Waals surface area (Å²) in [6, 6.07) is 17.3. The number of carbonyl (C=O) groups excluding carboxylic acids is 1. The predicted molar refractivity (Wildman–Crippen MR) is 180 cm³/mol. The average Bonchev–Trinajstić information content (AvgIpc) is 3.74. The predicted octanol–water partition coefficient (Wildman–Crippen LogP) is 7.55. The van der Waals surface area contributed by atoms with Crippen LogP contribution in [0.4, 0.5) is 0 Å². The number of rotatable bonds is 10. The maximum atomic E-state index is 14.1. The first kappa shape index (κ1) is 30.2. The van der Waals surface area contributed by atoms with E-state index >= 15 is 0 Å². The van der Waals surface area contributed by atoms with Crippen LogP contribution in [0.2, 0.25) is 0 Å². The van der Waals surface area contributed by atoms with Crippen LogP contribution in [0.25, 0.3) is 20.5 Å². The number of fused-ring (bicyclic) bond motifs is 1. The minimum Gasteiger partial charge on any atom is -0.508 e. The zero-order chi connectivity index (χ0) is 30.6. The maximum absolute atomic E-state index is 14.1. The number of phenolic OH excluding ortho intramolecular Hbond substituents is 1. The van der Waals surface area contributed by atoms with Gasteiger partial charge in [0.15, 0.2) is 5.78 Å². The van der Waals surface area contributed by atoms with Gasteiger partial charge in [-0.1, -0.05) is 12.8 Å². The monoisotopic (exact) mass is 625 g/mol. The Balaban J connectivity index is 1.09. The van der Waals surface area contributed by atoms with Crippen LogP contribution >= 0.6 is 11.3 Å². The van der Waals surface area contributed by atoms with Gasteiger partial charge in [0.05, 0.1) is 0 Å². The van der Waals surface area contributed by atoms with Crippen molar-refractivity contribution in [3.63, 3.8) is 0 Å². The SMILES string of the molecule is O=C(c1ccc(O[C@@H]2CCCC[C@H]2N2CCCCC2)nc1)c1c(-c2ccc(OCCN3CCCC3)cc2)sc2cc(O)ccc12. The van der Waals surface area contributed by atoms with Crippen LogP contribution in [0.1, 0.15) is 73.7 Å². The van der Waals surface area contributed by atoms with E-state index in [1.807, 2.05) is 42.5 Å². The Morgan fingerprint density at radius 2 is 1.67 bits per heavy atom. The lowest BCUT2D eigenvalue weighted by Crippen LogP contribution is -2.49. The zero-order valence-corrected chi connectivity index (χ0v) is 26.8. The minimum atomic E-state index is -0.0872. The molecule has 1 saturated carbocycles. The number of hydrogen-bond acceptors (Lipinski definition) is 8. The molecule has 8 heteroatoms. The lowest BCUT2D eigenvalue weighted by Gasteiger charge is -2.41. The number of ether oxygens (including phenoxy) is 2. The Morgan fingerprint density at radius 3 is 2.44 bits per heavy atom. The first-order chi connectivity index (χ1) is 22.1. The highest BCUT2D eigenvalue weighted by Crippen LogP contribution is 2.41. The molecule has 7 nitrogen and oxygen atoms in total. The number of aromatic nitrogens is 1. The van der Waals surface area contributed by atoms with Crippen molar-refractivity contribution in [1.29, 1.82) is 0 Å². The lowest BCUT2D eigenvalue weighted by atomic mass is 9.90. The molecule has 3 aliphatic rings. The van der Waals surface area contributed by atoms with Gasteiger partial charge in [-0.25, -0.2) is 4.98 Å². The van der Waals surface area contributed by atoms with Gasteiger partial charge in [0, 0.05) is 50.9 Å². The minimum absolute atomic E-state index is 0.0872. The van der Waals surface area contributed by atoms with Gasteiger partial charge in [0.2, 0.25) is 5.88 Å². The van der Waals surface area contributed by atoms with Crippen molar-refractivity contribution in [2.24, 2.45) is 0 Å². The quantitative estimate of drug-likeness (QED) is 0.182. The van der Waals surface area contributed by atoms with Gasteiger partial charge in [0.25, 0.3) is 0 Å². The van der Waals surface area contributed by atoms with Crippen LogP contribution in [0, 0.1) is 0 Å². The van der Waals surface area contributed by atoms with E-state index < -0.39 is 0 Å². The molecule has 2 aromatic carbocycles. The third kappa shape index (κ3) is 6.88. The van der Waals surface area contributed by atoms with E-state index in [1.54, 1.807) is 18.3 Å². The van der Waals surface area contributed by atoms with Crippen molar-refractivity contribution in [1.82, 2.24) is 14.8 Å². The van der Waals surface area contributed by atoms with Crippen molar-refractivity contribution in [2.75, 3.05) is 39.3 Å². The largest absolute Gasteiger partial charge is 0.508 e. The summed E-state index contributed by atoms with van der Waals surface area (Å²) in [6.07, 6.45) is 12.9. The number of likely N-dealkylation sites (tertiary alicyclic amines) is 2. The number of nitrogens with zero attached hydrogens (tertiary/aromatic N) is 3. The molecule has 236 valence electrons. The molecule has 2 atom stereocenters.